The van der Waals surface area contributed by atoms with Crippen LogP contribution in [0.15, 0.2) is 42.6 Å². The molecule has 27 heavy (non-hydrogen) atoms. The number of amides is 1. The number of H-pyrrole nitrogens is 1. The SMILES string of the molecule is Cc1ccc(OCC2CCN(C(=O)Cc3c[nH]c4ccccc34)CC2)nn1. The zero-order chi connectivity index (χ0) is 18.6. The largest absolute Gasteiger partial charge is 0.476 e. The first-order chi connectivity index (χ1) is 13.2. The molecule has 0 radical (unpaired) electrons. The maximum Gasteiger partial charge on any atom is 0.233 e. The highest BCUT2D eigenvalue weighted by Gasteiger charge is 2.24. The third-order valence-corrected chi connectivity index (χ3v) is 5.22. The highest BCUT2D eigenvalue weighted by atomic mass is 16.5. The van der Waals surface area contributed by atoms with Gasteiger partial charge in [0.15, 0.2) is 0 Å². The fraction of sp³-hybridized carbons (Fsp3) is 0.381. The summed E-state index contributed by atoms with van der Waals surface area (Å²) in [5.41, 5.74) is 3.03. The second-order valence-corrected chi connectivity index (χ2v) is 7.18. The fourth-order valence-electron chi connectivity index (χ4n) is 3.57. The number of ether oxygens (including phenoxy) is 1. The Hall–Kier alpha value is -2.89. The van der Waals surface area contributed by atoms with Crippen LogP contribution < -0.4 is 4.74 Å². The normalized spacial score (nSPS) is 15.2. The standard InChI is InChI=1S/C21H24N4O2/c1-15-6-7-20(24-23-15)27-14-16-8-10-25(11-9-16)21(26)12-17-13-22-19-5-3-2-4-18(17)19/h2-7,13,16,22H,8-12,14H2,1H3. The summed E-state index contributed by atoms with van der Waals surface area (Å²) in [4.78, 5) is 17.9. The molecule has 1 fully saturated rings. The van der Waals surface area contributed by atoms with Crippen LogP contribution in [0.25, 0.3) is 10.9 Å². The smallest absolute Gasteiger partial charge is 0.233 e. The Bertz CT molecular complexity index is 911. The first kappa shape index (κ1) is 17.5. The van der Waals surface area contributed by atoms with Crippen molar-refractivity contribution >= 4 is 16.8 Å². The molecule has 3 aromatic rings. The summed E-state index contributed by atoms with van der Waals surface area (Å²) in [6, 6.07) is 11.9. The number of aromatic amines is 1. The van der Waals surface area contributed by atoms with Gasteiger partial charge < -0.3 is 14.6 Å². The lowest BCUT2D eigenvalue weighted by Crippen LogP contribution is -2.40. The van der Waals surface area contributed by atoms with Crippen LogP contribution in [0.3, 0.4) is 0 Å². The highest BCUT2D eigenvalue weighted by Crippen LogP contribution is 2.22. The van der Waals surface area contributed by atoms with Crippen molar-refractivity contribution < 1.29 is 9.53 Å². The zero-order valence-corrected chi connectivity index (χ0v) is 15.5. The number of nitrogens with one attached hydrogen (secondary N) is 1. The van der Waals surface area contributed by atoms with Gasteiger partial charge in [-0.05, 0) is 43.4 Å². The van der Waals surface area contributed by atoms with Gasteiger partial charge in [0.1, 0.15) is 0 Å². The molecular weight excluding hydrogens is 340 g/mol. The molecule has 6 heteroatoms. The summed E-state index contributed by atoms with van der Waals surface area (Å²) in [6.07, 6.45) is 4.31. The van der Waals surface area contributed by atoms with Crippen LogP contribution in [-0.2, 0) is 11.2 Å². The number of likely N-dealkylation sites (tertiary alicyclic amines) is 1. The van der Waals surface area contributed by atoms with Gasteiger partial charge in [-0.1, -0.05) is 18.2 Å². The van der Waals surface area contributed by atoms with Crippen LogP contribution >= 0.6 is 0 Å². The molecule has 3 heterocycles. The molecule has 0 bridgehead atoms. The highest BCUT2D eigenvalue weighted by molar-refractivity contribution is 5.88. The predicted octanol–water partition coefficient (Wildman–Crippen LogP) is 3.13. The van der Waals surface area contributed by atoms with Gasteiger partial charge in [-0.15, -0.1) is 5.10 Å². The van der Waals surface area contributed by atoms with E-state index in [0.717, 1.165) is 48.1 Å². The lowest BCUT2D eigenvalue weighted by atomic mass is 9.97. The number of para-hydroxylation sites is 1. The number of fused-ring (bicyclic) bond motifs is 1. The van der Waals surface area contributed by atoms with Gasteiger partial charge in [0.05, 0.1) is 18.7 Å². The molecule has 0 aliphatic carbocycles. The summed E-state index contributed by atoms with van der Waals surface area (Å²) in [5, 5.41) is 9.17. The molecule has 0 saturated carbocycles. The lowest BCUT2D eigenvalue weighted by molar-refractivity contribution is -0.132. The topological polar surface area (TPSA) is 71.1 Å². The molecule has 1 saturated heterocycles. The van der Waals surface area contributed by atoms with Gasteiger partial charge in [0.25, 0.3) is 0 Å². The molecule has 0 spiro atoms. The van der Waals surface area contributed by atoms with E-state index in [0.29, 0.717) is 24.8 Å². The van der Waals surface area contributed by atoms with Crippen molar-refractivity contribution in [3.63, 3.8) is 0 Å². The summed E-state index contributed by atoms with van der Waals surface area (Å²) in [7, 11) is 0. The molecule has 4 rings (SSSR count). The number of aromatic nitrogens is 3. The third-order valence-electron chi connectivity index (χ3n) is 5.22. The predicted molar refractivity (Wildman–Crippen MR) is 104 cm³/mol. The van der Waals surface area contributed by atoms with E-state index in [1.807, 2.05) is 48.4 Å². The van der Waals surface area contributed by atoms with Gasteiger partial charge in [-0.3, -0.25) is 4.79 Å². The van der Waals surface area contributed by atoms with Crippen molar-refractivity contribution in [2.75, 3.05) is 19.7 Å². The number of aryl methyl sites for hydroxylation is 1. The van der Waals surface area contributed by atoms with Gasteiger partial charge >= 0.3 is 0 Å². The molecule has 0 atom stereocenters. The first-order valence-corrected chi connectivity index (χ1v) is 9.45. The maximum atomic E-state index is 12.7. The Morgan fingerprint density at radius 1 is 1.19 bits per heavy atom. The van der Waals surface area contributed by atoms with Gasteiger partial charge in [0, 0.05) is 36.3 Å². The Kier molecular flexibility index (Phi) is 5.05. The van der Waals surface area contributed by atoms with Crippen LogP contribution in [0.4, 0.5) is 0 Å². The van der Waals surface area contributed by atoms with Crippen molar-refractivity contribution in [3.8, 4) is 5.88 Å². The number of hydrogen-bond acceptors (Lipinski definition) is 4. The molecule has 1 N–H and O–H groups in total. The van der Waals surface area contributed by atoms with E-state index in [9.17, 15) is 4.79 Å². The second kappa shape index (κ2) is 7.78. The molecule has 2 aromatic heterocycles. The minimum Gasteiger partial charge on any atom is -0.476 e. The quantitative estimate of drug-likeness (QED) is 0.755. The fourth-order valence-corrected chi connectivity index (χ4v) is 3.57. The second-order valence-electron chi connectivity index (χ2n) is 7.18. The number of rotatable bonds is 5. The van der Waals surface area contributed by atoms with Crippen LogP contribution in [0.2, 0.25) is 0 Å². The molecule has 140 valence electrons. The van der Waals surface area contributed by atoms with E-state index in [-0.39, 0.29) is 5.91 Å². The van der Waals surface area contributed by atoms with Crippen LogP contribution in [0.1, 0.15) is 24.1 Å². The van der Waals surface area contributed by atoms with E-state index in [1.165, 1.54) is 0 Å². The van der Waals surface area contributed by atoms with Gasteiger partial charge in [-0.2, -0.15) is 5.10 Å². The summed E-state index contributed by atoms with van der Waals surface area (Å²) < 4.78 is 5.75. The van der Waals surface area contributed by atoms with E-state index in [4.69, 9.17) is 4.74 Å². The minimum atomic E-state index is 0.198. The Morgan fingerprint density at radius 2 is 2.00 bits per heavy atom. The van der Waals surface area contributed by atoms with E-state index < -0.39 is 0 Å². The first-order valence-electron chi connectivity index (χ1n) is 9.45. The molecule has 1 aromatic carbocycles. The Balaban J connectivity index is 1.27. The summed E-state index contributed by atoms with van der Waals surface area (Å²) in [5.74, 6) is 1.22. The summed E-state index contributed by atoms with van der Waals surface area (Å²) >= 11 is 0. The maximum absolute atomic E-state index is 12.7. The van der Waals surface area contributed by atoms with Crippen LogP contribution in [0, 0.1) is 12.8 Å². The van der Waals surface area contributed by atoms with Crippen molar-refractivity contribution in [3.05, 3.63) is 53.9 Å². The number of piperidine rings is 1. The van der Waals surface area contributed by atoms with Crippen molar-refractivity contribution in [2.24, 2.45) is 5.92 Å². The minimum absolute atomic E-state index is 0.198. The third kappa shape index (κ3) is 4.10. The lowest BCUT2D eigenvalue weighted by Gasteiger charge is -2.31. The van der Waals surface area contributed by atoms with E-state index in [2.05, 4.69) is 21.2 Å². The van der Waals surface area contributed by atoms with Gasteiger partial charge in [-0.25, -0.2) is 0 Å². The average Bonchev–Trinajstić information content (AvgIpc) is 3.11. The van der Waals surface area contributed by atoms with E-state index >= 15 is 0 Å². The van der Waals surface area contributed by atoms with Crippen molar-refractivity contribution in [1.29, 1.82) is 0 Å². The number of carbonyl (C=O) groups is 1. The molecule has 1 amide bonds. The number of benzene rings is 1. The monoisotopic (exact) mass is 364 g/mol. The molecule has 1 aliphatic rings. The summed E-state index contributed by atoms with van der Waals surface area (Å²) in [6.45, 7) is 4.10. The molecule has 1 aliphatic heterocycles. The Morgan fingerprint density at radius 3 is 2.78 bits per heavy atom. The molecule has 6 nitrogen and oxygen atoms in total. The van der Waals surface area contributed by atoms with Crippen LogP contribution in [0.5, 0.6) is 5.88 Å². The van der Waals surface area contributed by atoms with Crippen molar-refractivity contribution in [2.45, 2.75) is 26.2 Å². The van der Waals surface area contributed by atoms with Gasteiger partial charge in [0.2, 0.25) is 11.8 Å². The van der Waals surface area contributed by atoms with Crippen molar-refractivity contribution in [1.82, 2.24) is 20.1 Å². The number of hydrogen-bond donors (Lipinski definition) is 1. The Labute approximate surface area is 158 Å². The average molecular weight is 364 g/mol. The number of carbonyl (C=O) groups excluding carboxylic acids is 1. The van der Waals surface area contributed by atoms with E-state index in [1.54, 1.807) is 0 Å². The molecule has 0 unspecified atom stereocenters. The number of nitrogens with zero attached hydrogens (tertiary/aromatic N) is 3. The van der Waals surface area contributed by atoms with Crippen LogP contribution in [-0.4, -0.2) is 45.7 Å². The molecular formula is C21H24N4O2. The zero-order valence-electron chi connectivity index (χ0n) is 15.5.